The summed E-state index contributed by atoms with van der Waals surface area (Å²) in [7, 11) is 1.19. The molecule has 0 aliphatic heterocycles. The summed E-state index contributed by atoms with van der Waals surface area (Å²) in [5, 5.41) is 6.01. The molecular formula is C13H17N2P. The molecule has 0 saturated carbocycles. The fourth-order valence-electron chi connectivity index (χ4n) is 1.75. The summed E-state index contributed by atoms with van der Waals surface area (Å²) in [6, 6.07) is 10.3. The van der Waals surface area contributed by atoms with E-state index in [-0.39, 0.29) is 5.41 Å². The van der Waals surface area contributed by atoms with E-state index in [1.165, 1.54) is 13.6 Å². The molecule has 0 aliphatic rings. The van der Waals surface area contributed by atoms with Crippen LogP contribution in [0.4, 0.5) is 0 Å². The van der Waals surface area contributed by atoms with Crippen molar-refractivity contribution >= 4 is 8.35 Å². The van der Waals surface area contributed by atoms with Crippen molar-refractivity contribution in [2.75, 3.05) is 0 Å². The van der Waals surface area contributed by atoms with Gasteiger partial charge >= 0.3 is 0 Å². The van der Waals surface area contributed by atoms with Gasteiger partial charge in [-0.3, -0.25) is 0 Å². The number of para-hydroxylation sites is 1. The summed E-state index contributed by atoms with van der Waals surface area (Å²) in [5.74, 6) is 0. The van der Waals surface area contributed by atoms with Crippen LogP contribution >= 0.6 is 8.35 Å². The van der Waals surface area contributed by atoms with Gasteiger partial charge in [0.1, 0.15) is 0 Å². The minimum Gasteiger partial charge on any atom is -0.215 e. The quantitative estimate of drug-likeness (QED) is 0.725. The lowest BCUT2D eigenvalue weighted by Gasteiger charge is -2.15. The number of hydrogen-bond acceptors (Lipinski definition) is 1. The average molecular weight is 232 g/mol. The fourth-order valence-corrected chi connectivity index (χ4v) is 2.85. The van der Waals surface area contributed by atoms with Crippen molar-refractivity contribution in [3.05, 3.63) is 41.3 Å². The Hall–Kier alpha value is -1.14. The second-order valence-electron chi connectivity index (χ2n) is 5.01. The van der Waals surface area contributed by atoms with E-state index >= 15 is 0 Å². The van der Waals surface area contributed by atoms with Gasteiger partial charge in [-0.05, 0) is 24.5 Å². The Kier molecular flexibility index (Phi) is 2.86. The maximum atomic E-state index is 4.61. The fraction of sp³-hybridized carbons (Fsp3) is 0.385. The Morgan fingerprint density at radius 3 is 2.25 bits per heavy atom. The van der Waals surface area contributed by atoms with E-state index in [9.17, 15) is 0 Å². The van der Waals surface area contributed by atoms with Crippen LogP contribution in [0, 0.1) is 6.92 Å². The van der Waals surface area contributed by atoms with Crippen LogP contribution in [-0.2, 0) is 5.41 Å². The first-order chi connectivity index (χ1) is 7.48. The normalized spacial score (nSPS) is 12.2. The van der Waals surface area contributed by atoms with Crippen molar-refractivity contribution < 1.29 is 0 Å². The van der Waals surface area contributed by atoms with Gasteiger partial charge in [0.25, 0.3) is 0 Å². The first-order valence-corrected chi connectivity index (χ1v) is 6.33. The highest BCUT2D eigenvalue weighted by atomic mass is 31.0. The Morgan fingerprint density at radius 2 is 1.75 bits per heavy atom. The predicted octanol–water partition coefficient (Wildman–Crippen LogP) is 4.06. The smallest absolute Gasteiger partial charge is 0.0692 e. The van der Waals surface area contributed by atoms with Crippen molar-refractivity contribution in [3.63, 3.8) is 0 Å². The van der Waals surface area contributed by atoms with E-state index in [0.717, 1.165) is 11.4 Å². The second kappa shape index (κ2) is 4.03. The van der Waals surface area contributed by atoms with Crippen molar-refractivity contribution in [2.45, 2.75) is 33.1 Å². The van der Waals surface area contributed by atoms with Gasteiger partial charge in [-0.1, -0.05) is 39.0 Å². The number of benzene rings is 1. The molecule has 1 aromatic carbocycles. The first-order valence-electron chi connectivity index (χ1n) is 5.48. The third-order valence-electron chi connectivity index (χ3n) is 2.48. The van der Waals surface area contributed by atoms with Crippen molar-refractivity contribution in [3.8, 4) is 5.69 Å². The van der Waals surface area contributed by atoms with Crippen LogP contribution in [0.25, 0.3) is 5.69 Å². The highest BCUT2D eigenvalue weighted by Gasteiger charge is 2.20. The molecule has 0 aliphatic carbocycles. The Balaban J connectivity index is 2.47. The van der Waals surface area contributed by atoms with Gasteiger partial charge < -0.3 is 0 Å². The summed E-state index contributed by atoms with van der Waals surface area (Å²) in [5.41, 5.74) is 2.50. The van der Waals surface area contributed by atoms with Crippen LogP contribution in [0.15, 0.2) is 30.3 Å². The van der Waals surface area contributed by atoms with Crippen molar-refractivity contribution in [2.24, 2.45) is 0 Å². The van der Waals surface area contributed by atoms with Crippen LogP contribution in [0.1, 0.15) is 31.8 Å². The summed E-state index contributed by atoms with van der Waals surface area (Å²) in [4.78, 5) is 0. The molecule has 2 rings (SSSR count). The predicted molar refractivity (Wildman–Crippen MR) is 69.5 cm³/mol. The summed E-state index contributed by atoms with van der Waals surface area (Å²) >= 11 is 0. The zero-order chi connectivity index (χ0) is 11.8. The van der Waals surface area contributed by atoms with Crippen LogP contribution < -0.4 is 0 Å². The van der Waals surface area contributed by atoms with Crippen LogP contribution in [0.3, 0.4) is 0 Å². The van der Waals surface area contributed by atoms with Gasteiger partial charge in [0.15, 0.2) is 0 Å². The Bertz CT molecular complexity index is 480. The summed E-state index contributed by atoms with van der Waals surface area (Å²) in [6.07, 6.45) is 0. The molecule has 84 valence electrons. The molecule has 0 bridgehead atoms. The minimum atomic E-state index is 0.193. The molecule has 0 saturated heterocycles. The van der Waals surface area contributed by atoms with E-state index in [4.69, 9.17) is 0 Å². The van der Waals surface area contributed by atoms with E-state index < -0.39 is 0 Å². The lowest BCUT2D eigenvalue weighted by molar-refractivity contribution is 0.598. The molecule has 1 heterocycles. The monoisotopic (exact) mass is 232 g/mol. The van der Waals surface area contributed by atoms with Gasteiger partial charge in [-0.2, -0.15) is 5.10 Å². The lowest BCUT2D eigenvalue weighted by Crippen LogP contribution is -2.09. The molecule has 0 radical (unpaired) electrons. The number of aryl methyl sites for hydroxylation is 1. The van der Waals surface area contributed by atoms with E-state index in [0.29, 0.717) is 0 Å². The molecule has 2 aromatic rings. The maximum absolute atomic E-state index is 4.61. The largest absolute Gasteiger partial charge is 0.215 e. The minimum absolute atomic E-state index is 0.193. The zero-order valence-corrected chi connectivity index (χ0v) is 11.1. The Labute approximate surface area is 98.5 Å². The second-order valence-corrected chi connectivity index (χ2v) is 6.04. The molecule has 0 unspecified atom stereocenters. The molecule has 1 aromatic heterocycles. The number of rotatable bonds is 1. The number of nitrogens with zero attached hydrogens (tertiary/aromatic N) is 2. The van der Waals surface area contributed by atoms with Gasteiger partial charge in [0.2, 0.25) is 0 Å². The van der Waals surface area contributed by atoms with Gasteiger partial charge in [-0.15, -0.1) is 0 Å². The van der Waals surface area contributed by atoms with E-state index in [1.54, 1.807) is 0 Å². The van der Waals surface area contributed by atoms with Crippen molar-refractivity contribution in [1.82, 2.24) is 9.54 Å². The van der Waals surface area contributed by atoms with Gasteiger partial charge in [0, 0.05) is 13.6 Å². The highest BCUT2D eigenvalue weighted by molar-refractivity contribution is 7.27. The molecule has 0 N–H and O–H groups in total. The van der Waals surface area contributed by atoms with E-state index in [1.807, 2.05) is 18.2 Å². The zero-order valence-electron chi connectivity index (χ0n) is 10.2. The third kappa shape index (κ3) is 2.17. The molecule has 16 heavy (non-hydrogen) atoms. The first kappa shape index (κ1) is 11.3. The van der Waals surface area contributed by atoms with Crippen molar-refractivity contribution in [1.29, 1.82) is 0 Å². The SMILES string of the molecule is Cc1nn(-c2ccccc2)pc1C(C)(C)C. The molecular weight excluding hydrogens is 215 g/mol. The molecule has 0 amide bonds. The van der Waals surface area contributed by atoms with Crippen LogP contribution in [0.5, 0.6) is 0 Å². The van der Waals surface area contributed by atoms with Gasteiger partial charge in [0.05, 0.1) is 11.4 Å². The van der Waals surface area contributed by atoms with Crippen LogP contribution in [0.2, 0.25) is 0 Å². The summed E-state index contributed by atoms with van der Waals surface area (Å²) in [6.45, 7) is 8.81. The topological polar surface area (TPSA) is 17.8 Å². The van der Waals surface area contributed by atoms with E-state index in [2.05, 4.69) is 49.4 Å². The maximum Gasteiger partial charge on any atom is 0.0692 e. The number of hydrogen-bond donors (Lipinski definition) is 0. The molecule has 3 heteroatoms. The number of aromatic nitrogens is 2. The molecule has 0 atom stereocenters. The molecule has 0 fully saturated rings. The molecule has 0 spiro atoms. The molecule has 2 nitrogen and oxygen atoms in total. The van der Waals surface area contributed by atoms with Gasteiger partial charge in [-0.25, -0.2) is 4.44 Å². The highest BCUT2D eigenvalue weighted by Crippen LogP contribution is 2.33. The lowest BCUT2D eigenvalue weighted by atomic mass is 9.94. The average Bonchev–Trinajstić information content (AvgIpc) is 2.61. The summed E-state index contributed by atoms with van der Waals surface area (Å²) < 4.78 is 2.05. The Morgan fingerprint density at radius 1 is 1.12 bits per heavy atom. The van der Waals surface area contributed by atoms with Crippen LogP contribution in [-0.4, -0.2) is 9.54 Å². The standard InChI is InChI=1S/C13H17N2P/c1-10-12(13(2,3)4)16-15(14-10)11-8-6-5-7-9-11/h5-9H,1-4H3. The third-order valence-corrected chi connectivity index (χ3v) is 4.18.